The molecule has 0 bridgehead atoms. The number of Topliss-reactive ketones (excluding diaryl/α,β-unsaturated/α-hetero) is 2. The van der Waals surface area contributed by atoms with Gasteiger partial charge in [0.2, 0.25) is 0 Å². The van der Waals surface area contributed by atoms with Gasteiger partial charge < -0.3 is 5.11 Å². The Kier molecular flexibility index (Phi) is 9.22. The van der Waals surface area contributed by atoms with Crippen LogP contribution in [0, 0.1) is 12.8 Å². The van der Waals surface area contributed by atoms with Gasteiger partial charge in [-0.25, -0.2) is 4.68 Å². The average Bonchev–Trinajstić information content (AvgIpc) is 3.36. The average molecular weight is 555 g/mol. The van der Waals surface area contributed by atoms with Crippen molar-refractivity contribution in [3.8, 4) is 5.69 Å². The lowest BCUT2D eigenvalue weighted by atomic mass is 9.77. The SMILES string of the molecule is Cc1ccc(-n2cc(C(=O)CCCC(=O)Cc3ccc(C4CCC(CC(=O)O)CC4)cc3)c(C(F)(F)F)n2)cc1. The van der Waals surface area contributed by atoms with E-state index in [1.165, 1.54) is 5.56 Å². The number of hydrogen-bond acceptors (Lipinski definition) is 4. The highest BCUT2D eigenvalue weighted by Gasteiger charge is 2.39. The Bertz CT molecular complexity index is 1340. The number of carboxylic acid groups (broad SMARTS) is 1. The largest absolute Gasteiger partial charge is 0.481 e. The molecule has 3 aromatic rings. The van der Waals surface area contributed by atoms with Crippen LogP contribution in [-0.2, 0) is 22.2 Å². The number of benzene rings is 2. The van der Waals surface area contributed by atoms with E-state index in [0.29, 0.717) is 11.6 Å². The summed E-state index contributed by atoms with van der Waals surface area (Å²) < 4.78 is 41.9. The lowest BCUT2D eigenvalue weighted by molar-refractivity contribution is -0.141. The summed E-state index contributed by atoms with van der Waals surface area (Å²) >= 11 is 0. The van der Waals surface area contributed by atoms with Crippen molar-refractivity contribution in [1.82, 2.24) is 9.78 Å². The third-order valence-corrected chi connectivity index (χ3v) is 7.60. The topological polar surface area (TPSA) is 89.3 Å². The first-order chi connectivity index (χ1) is 19.0. The third kappa shape index (κ3) is 7.67. The summed E-state index contributed by atoms with van der Waals surface area (Å²) in [6, 6.07) is 14.6. The molecule has 2 aromatic carbocycles. The molecule has 4 rings (SSSR count). The molecule has 0 saturated heterocycles. The van der Waals surface area contributed by atoms with E-state index in [0.717, 1.165) is 47.7 Å². The fourth-order valence-corrected chi connectivity index (χ4v) is 5.37. The number of alkyl halides is 3. The molecule has 1 aliphatic rings. The van der Waals surface area contributed by atoms with Crippen molar-refractivity contribution >= 4 is 17.5 Å². The van der Waals surface area contributed by atoms with E-state index in [1.807, 2.05) is 31.2 Å². The maximum Gasteiger partial charge on any atom is 0.435 e. The molecule has 0 aliphatic heterocycles. The van der Waals surface area contributed by atoms with Crippen molar-refractivity contribution in [2.24, 2.45) is 5.92 Å². The number of halogens is 3. The molecule has 0 spiro atoms. The Morgan fingerprint density at radius 1 is 0.950 bits per heavy atom. The van der Waals surface area contributed by atoms with Crippen molar-refractivity contribution in [2.45, 2.75) is 76.8 Å². The quantitative estimate of drug-likeness (QED) is 0.255. The van der Waals surface area contributed by atoms with Crippen LogP contribution in [-0.4, -0.2) is 32.4 Å². The zero-order valence-corrected chi connectivity index (χ0v) is 22.4. The highest BCUT2D eigenvalue weighted by molar-refractivity contribution is 5.97. The molecule has 1 aromatic heterocycles. The normalized spacial score (nSPS) is 17.5. The van der Waals surface area contributed by atoms with Crippen molar-refractivity contribution in [3.05, 3.63) is 82.7 Å². The van der Waals surface area contributed by atoms with Crippen molar-refractivity contribution in [1.29, 1.82) is 0 Å². The van der Waals surface area contributed by atoms with Crippen LogP contribution in [0.2, 0.25) is 0 Å². The van der Waals surface area contributed by atoms with Crippen LogP contribution < -0.4 is 0 Å². The van der Waals surface area contributed by atoms with E-state index in [2.05, 4.69) is 5.10 Å². The van der Waals surface area contributed by atoms with Crippen molar-refractivity contribution in [3.63, 3.8) is 0 Å². The van der Waals surface area contributed by atoms with Gasteiger partial charge in [-0.1, -0.05) is 42.0 Å². The van der Waals surface area contributed by atoms with Gasteiger partial charge in [-0.05, 0) is 74.1 Å². The van der Waals surface area contributed by atoms with Crippen LogP contribution in [0.4, 0.5) is 13.2 Å². The number of carboxylic acids is 1. The van der Waals surface area contributed by atoms with Gasteiger partial charge in [0.15, 0.2) is 11.5 Å². The number of carbonyl (C=O) groups excluding carboxylic acids is 2. The number of nitrogens with zero attached hydrogens (tertiary/aromatic N) is 2. The maximum atomic E-state index is 13.6. The summed E-state index contributed by atoms with van der Waals surface area (Å²) in [5, 5.41) is 12.6. The number of carbonyl (C=O) groups is 3. The first-order valence-corrected chi connectivity index (χ1v) is 13.6. The minimum Gasteiger partial charge on any atom is -0.481 e. The van der Waals surface area contributed by atoms with Crippen LogP contribution in [0.5, 0.6) is 0 Å². The molecule has 1 aliphatic carbocycles. The number of aromatic nitrogens is 2. The molecule has 6 nitrogen and oxygen atoms in total. The highest BCUT2D eigenvalue weighted by Crippen LogP contribution is 2.37. The van der Waals surface area contributed by atoms with Gasteiger partial charge in [-0.2, -0.15) is 18.3 Å². The molecule has 9 heteroatoms. The zero-order valence-electron chi connectivity index (χ0n) is 22.4. The Morgan fingerprint density at radius 3 is 2.20 bits per heavy atom. The molecular formula is C31H33F3N2O4. The maximum absolute atomic E-state index is 13.6. The molecule has 1 N–H and O–H groups in total. The second-order valence-corrected chi connectivity index (χ2v) is 10.7. The Morgan fingerprint density at radius 2 is 1.60 bits per heavy atom. The molecule has 0 atom stereocenters. The highest BCUT2D eigenvalue weighted by atomic mass is 19.4. The monoisotopic (exact) mass is 554 g/mol. The number of ketones is 2. The van der Waals surface area contributed by atoms with Gasteiger partial charge >= 0.3 is 12.1 Å². The Hall–Kier alpha value is -3.75. The second kappa shape index (κ2) is 12.6. The number of aryl methyl sites for hydroxylation is 1. The van der Waals surface area contributed by atoms with E-state index >= 15 is 0 Å². The fourth-order valence-electron chi connectivity index (χ4n) is 5.37. The van der Waals surface area contributed by atoms with E-state index < -0.39 is 29.2 Å². The molecule has 1 fully saturated rings. The van der Waals surface area contributed by atoms with Crippen LogP contribution in [0.1, 0.15) is 90.0 Å². The van der Waals surface area contributed by atoms with Crippen LogP contribution >= 0.6 is 0 Å². The molecule has 0 unspecified atom stereocenters. The summed E-state index contributed by atoms with van der Waals surface area (Å²) in [6.07, 6.45) is 0.501. The van der Waals surface area contributed by atoms with Gasteiger partial charge in [-0.3, -0.25) is 14.4 Å². The first-order valence-electron chi connectivity index (χ1n) is 13.6. The molecule has 40 heavy (non-hydrogen) atoms. The van der Waals surface area contributed by atoms with E-state index in [1.54, 1.807) is 24.3 Å². The predicted molar refractivity (Wildman–Crippen MR) is 144 cm³/mol. The molecular weight excluding hydrogens is 521 g/mol. The van der Waals surface area contributed by atoms with Crippen LogP contribution in [0.3, 0.4) is 0 Å². The molecule has 1 heterocycles. The zero-order chi connectivity index (χ0) is 28.9. The van der Waals surface area contributed by atoms with Crippen LogP contribution in [0.25, 0.3) is 5.69 Å². The summed E-state index contributed by atoms with van der Waals surface area (Å²) in [7, 11) is 0. The van der Waals surface area contributed by atoms with E-state index in [4.69, 9.17) is 5.11 Å². The summed E-state index contributed by atoms with van der Waals surface area (Å²) in [5.41, 5.74) is 1.68. The van der Waals surface area contributed by atoms with E-state index in [-0.39, 0.29) is 43.8 Å². The third-order valence-electron chi connectivity index (χ3n) is 7.60. The Balaban J connectivity index is 1.28. The summed E-state index contributed by atoms with van der Waals surface area (Å²) in [6.45, 7) is 1.86. The first kappa shape index (κ1) is 29.2. The Labute approximate surface area is 231 Å². The summed E-state index contributed by atoms with van der Waals surface area (Å²) in [5.74, 6) is -0.899. The van der Waals surface area contributed by atoms with Gasteiger partial charge in [0.05, 0.1) is 11.3 Å². The molecule has 1 saturated carbocycles. The minimum absolute atomic E-state index is 0.0823. The van der Waals surface area contributed by atoms with Gasteiger partial charge in [0.1, 0.15) is 5.78 Å². The lowest BCUT2D eigenvalue weighted by Crippen LogP contribution is -2.16. The van der Waals surface area contributed by atoms with Crippen molar-refractivity contribution in [2.75, 3.05) is 0 Å². The van der Waals surface area contributed by atoms with Gasteiger partial charge in [-0.15, -0.1) is 0 Å². The number of rotatable bonds is 11. The molecule has 212 valence electrons. The standard InChI is InChI=1S/C31H33F3N2O4/c1-20-5-15-25(16-6-20)36-19-27(30(35-36)31(32,33)34)28(38)4-2-3-26(37)17-21-7-11-23(12-8-21)24-13-9-22(10-14-24)18-29(39)40/h5-8,11-12,15-16,19,22,24H,2-4,9-10,13-14,17-18H2,1H3,(H,39,40). The summed E-state index contributed by atoms with van der Waals surface area (Å²) in [4.78, 5) is 36.2. The lowest BCUT2D eigenvalue weighted by Gasteiger charge is -2.28. The van der Waals surface area contributed by atoms with Crippen LogP contribution in [0.15, 0.2) is 54.7 Å². The minimum atomic E-state index is -4.78. The van der Waals surface area contributed by atoms with E-state index in [9.17, 15) is 27.6 Å². The number of hydrogen-bond donors (Lipinski definition) is 1. The second-order valence-electron chi connectivity index (χ2n) is 10.7. The number of aliphatic carboxylic acids is 1. The van der Waals surface area contributed by atoms with Gasteiger partial charge in [0, 0.05) is 31.9 Å². The predicted octanol–water partition coefficient (Wildman–Crippen LogP) is 7.11. The molecule has 0 radical (unpaired) electrons. The fraction of sp³-hybridized carbons (Fsp3) is 0.419. The van der Waals surface area contributed by atoms with Crippen molar-refractivity contribution < 1.29 is 32.7 Å². The molecule has 0 amide bonds. The smallest absolute Gasteiger partial charge is 0.435 e. The van der Waals surface area contributed by atoms with Gasteiger partial charge in [0.25, 0.3) is 0 Å².